The lowest BCUT2D eigenvalue weighted by Gasteiger charge is -2.07. The van der Waals surface area contributed by atoms with Gasteiger partial charge in [-0.25, -0.2) is 4.39 Å². The van der Waals surface area contributed by atoms with Crippen LogP contribution >= 0.6 is 11.6 Å². The zero-order chi connectivity index (χ0) is 13.8. The highest BCUT2D eigenvalue weighted by molar-refractivity contribution is 6.31. The average molecular weight is 282 g/mol. The lowest BCUT2D eigenvalue weighted by atomic mass is 10.1. The summed E-state index contributed by atoms with van der Waals surface area (Å²) in [6.07, 6.45) is 5.07. The molecular weight excluding hydrogens is 265 g/mol. The maximum Gasteiger partial charge on any atom is 0.124 e. The maximum atomic E-state index is 13.0. The summed E-state index contributed by atoms with van der Waals surface area (Å²) in [5, 5.41) is 10.3. The molecule has 1 aromatic carbocycles. The van der Waals surface area contributed by atoms with Gasteiger partial charge in [0.15, 0.2) is 0 Å². The topological polar surface area (TPSA) is 25.2 Å². The van der Waals surface area contributed by atoms with E-state index in [0.29, 0.717) is 11.6 Å². The highest BCUT2D eigenvalue weighted by atomic mass is 35.5. The number of hydrogen-bond acceptors (Lipinski definition) is 1. The molecule has 0 spiro atoms. The number of halogens is 2. The van der Waals surface area contributed by atoms with E-state index in [1.54, 1.807) is 6.07 Å². The molecule has 4 heteroatoms. The van der Waals surface area contributed by atoms with Crippen molar-refractivity contribution in [1.82, 2.24) is 4.57 Å². The van der Waals surface area contributed by atoms with Crippen LogP contribution in [0, 0.1) is 5.82 Å². The summed E-state index contributed by atoms with van der Waals surface area (Å²) in [4.78, 5) is 0. The monoisotopic (exact) mass is 281 g/mol. The van der Waals surface area contributed by atoms with Gasteiger partial charge in [0.25, 0.3) is 0 Å². The number of aliphatic hydroxyl groups is 1. The number of rotatable bonds is 5. The van der Waals surface area contributed by atoms with Gasteiger partial charge in [0, 0.05) is 24.0 Å². The fraction of sp³-hybridized carbons (Fsp3) is 0.333. The van der Waals surface area contributed by atoms with Crippen molar-refractivity contribution in [1.29, 1.82) is 0 Å². The van der Waals surface area contributed by atoms with E-state index < -0.39 is 6.10 Å². The fourth-order valence-corrected chi connectivity index (χ4v) is 2.27. The molecule has 1 N–H and O–H groups in total. The largest absolute Gasteiger partial charge is 0.388 e. The van der Waals surface area contributed by atoms with Gasteiger partial charge in [-0.15, -0.1) is 0 Å². The molecule has 0 aliphatic heterocycles. The second kappa shape index (κ2) is 6.22. The predicted octanol–water partition coefficient (Wildman–Crippen LogP) is 4.16. The Morgan fingerprint density at radius 2 is 2.16 bits per heavy atom. The van der Waals surface area contributed by atoms with Gasteiger partial charge in [-0.3, -0.25) is 0 Å². The molecule has 0 saturated carbocycles. The van der Waals surface area contributed by atoms with E-state index in [1.807, 2.05) is 30.0 Å². The third-order valence-corrected chi connectivity index (χ3v) is 3.44. The third-order valence-electron chi connectivity index (χ3n) is 3.09. The molecule has 2 nitrogen and oxygen atoms in total. The number of hydrogen-bond donors (Lipinski definition) is 1. The van der Waals surface area contributed by atoms with Gasteiger partial charge in [-0.05, 0) is 35.7 Å². The van der Waals surface area contributed by atoms with Crippen molar-refractivity contribution in [3.63, 3.8) is 0 Å². The van der Waals surface area contributed by atoms with Crippen LogP contribution in [0.15, 0.2) is 36.7 Å². The highest BCUT2D eigenvalue weighted by Gasteiger charge is 2.09. The minimum atomic E-state index is -0.421. The Morgan fingerprint density at radius 1 is 1.37 bits per heavy atom. The normalized spacial score (nSPS) is 12.6. The molecular formula is C15H17ClFNO. The average Bonchev–Trinajstić information content (AvgIpc) is 2.82. The Balaban J connectivity index is 2.11. The summed E-state index contributed by atoms with van der Waals surface area (Å²) < 4.78 is 14.9. The SMILES string of the molecule is CCCC(O)c1ccn(Cc2ccc(F)cc2Cl)c1. The van der Waals surface area contributed by atoms with Crippen molar-refractivity contribution in [2.24, 2.45) is 0 Å². The zero-order valence-electron chi connectivity index (χ0n) is 10.8. The molecule has 1 aromatic heterocycles. The molecule has 102 valence electrons. The predicted molar refractivity (Wildman–Crippen MR) is 74.8 cm³/mol. The standard InChI is InChI=1S/C15H17ClFNO/c1-2-3-15(19)12-6-7-18(10-12)9-11-4-5-13(17)8-14(11)16/h4-8,10,15,19H,2-3,9H2,1H3. The minimum Gasteiger partial charge on any atom is -0.388 e. The molecule has 1 atom stereocenters. The number of aliphatic hydroxyl groups excluding tert-OH is 1. The fourth-order valence-electron chi connectivity index (χ4n) is 2.04. The van der Waals surface area contributed by atoms with Crippen molar-refractivity contribution in [3.05, 3.63) is 58.6 Å². The van der Waals surface area contributed by atoms with Crippen LogP contribution in [-0.4, -0.2) is 9.67 Å². The molecule has 0 saturated heterocycles. The van der Waals surface area contributed by atoms with Gasteiger partial charge in [0.1, 0.15) is 5.82 Å². The minimum absolute atomic E-state index is 0.333. The van der Waals surface area contributed by atoms with Crippen LogP contribution in [0.3, 0.4) is 0 Å². The van der Waals surface area contributed by atoms with E-state index in [-0.39, 0.29) is 5.82 Å². The first-order valence-electron chi connectivity index (χ1n) is 6.38. The van der Waals surface area contributed by atoms with E-state index >= 15 is 0 Å². The van der Waals surface area contributed by atoms with E-state index in [0.717, 1.165) is 24.0 Å². The Labute approximate surface area is 117 Å². The summed E-state index contributed by atoms with van der Waals surface area (Å²) >= 11 is 6.00. The second-order valence-corrected chi connectivity index (χ2v) is 5.06. The maximum absolute atomic E-state index is 13.0. The summed E-state index contributed by atoms with van der Waals surface area (Å²) in [5.74, 6) is -0.333. The van der Waals surface area contributed by atoms with Crippen molar-refractivity contribution >= 4 is 11.6 Å². The molecule has 0 radical (unpaired) electrons. The Kier molecular flexibility index (Phi) is 4.61. The molecule has 0 aliphatic carbocycles. The molecule has 1 unspecified atom stereocenters. The number of benzene rings is 1. The number of aromatic nitrogens is 1. The molecule has 19 heavy (non-hydrogen) atoms. The zero-order valence-corrected chi connectivity index (χ0v) is 11.6. The first-order valence-corrected chi connectivity index (χ1v) is 6.75. The summed E-state index contributed by atoms with van der Waals surface area (Å²) in [7, 11) is 0. The molecule has 0 fully saturated rings. The van der Waals surface area contributed by atoms with Crippen LogP contribution in [0.4, 0.5) is 4.39 Å². The van der Waals surface area contributed by atoms with E-state index in [4.69, 9.17) is 11.6 Å². The van der Waals surface area contributed by atoms with Gasteiger partial charge < -0.3 is 9.67 Å². The molecule has 1 heterocycles. The third kappa shape index (κ3) is 3.58. The lowest BCUT2D eigenvalue weighted by Crippen LogP contribution is -1.99. The van der Waals surface area contributed by atoms with Crippen molar-refractivity contribution < 1.29 is 9.50 Å². The van der Waals surface area contributed by atoms with Crippen LogP contribution in [0.25, 0.3) is 0 Å². The molecule has 2 aromatic rings. The Morgan fingerprint density at radius 3 is 2.84 bits per heavy atom. The first-order chi connectivity index (χ1) is 9.10. The van der Waals surface area contributed by atoms with Crippen molar-refractivity contribution in [2.45, 2.75) is 32.4 Å². The Bertz CT molecular complexity index is 553. The van der Waals surface area contributed by atoms with Gasteiger partial charge in [-0.2, -0.15) is 0 Å². The van der Waals surface area contributed by atoms with Crippen LogP contribution in [0.2, 0.25) is 5.02 Å². The van der Waals surface area contributed by atoms with Gasteiger partial charge in [0.2, 0.25) is 0 Å². The molecule has 0 amide bonds. The van der Waals surface area contributed by atoms with E-state index in [2.05, 4.69) is 0 Å². The van der Waals surface area contributed by atoms with Crippen LogP contribution < -0.4 is 0 Å². The van der Waals surface area contributed by atoms with E-state index in [1.165, 1.54) is 12.1 Å². The molecule has 2 rings (SSSR count). The molecule has 0 bridgehead atoms. The van der Waals surface area contributed by atoms with Gasteiger partial charge >= 0.3 is 0 Å². The smallest absolute Gasteiger partial charge is 0.124 e. The first kappa shape index (κ1) is 14.1. The highest BCUT2D eigenvalue weighted by Crippen LogP contribution is 2.21. The van der Waals surface area contributed by atoms with Crippen LogP contribution in [-0.2, 0) is 6.54 Å². The molecule has 0 aliphatic rings. The van der Waals surface area contributed by atoms with E-state index in [9.17, 15) is 9.50 Å². The van der Waals surface area contributed by atoms with Crippen molar-refractivity contribution in [3.8, 4) is 0 Å². The van der Waals surface area contributed by atoms with Gasteiger partial charge in [0.05, 0.1) is 6.10 Å². The quantitative estimate of drug-likeness (QED) is 0.874. The summed E-state index contributed by atoms with van der Waals surface area (Å²) in [5.41, 5.74) is 1.76. The Hall–Kier alpha value is -1.32. The summed E-state index contributed by atoms with van der Waals surface area (Å²) in [6.45, 7) is 2.61. The summed E-state index contributed by atoms with van der Waals surface area (Å²) in [6, 6.07) is 6.29. The number of nitrogens with zero attached hydrogens (tertiary/aromatic N) is 1. The second-order valence-electron chi connectivity index (χ2n) is 4.66. The van der Waals surface area contributed by atoms with Crippen LogP contribution in [0.1, 0.15) is 37.0 Å². The van der Waals surface area contributed by atoms with Crippen LogP contribution in [0.5, 0.6) is 0 Å². The lowest BCUT2D eigenvalue weighted by molar-refractivity contribution is 0.166. The van der Waals surface area contributed by atoms with Crippen molar-refractivity contribution in [2.75, 3.05) is 0 Å². The van der Waals surface area contributed by atoms with Gasteiger partial charge in [-0.1, -0.05) is 31.0 Å².